The van der Waals surface area contributed by atoms with Gasteiger partial charge in [-0.2, -0.15) is 0 Å². The summed E-state index contributed by atoms with van der Waals surface area (Å²) in [5, 5.41) is 0. The molecule has 0 atom stereocenters. The number of hydrogen-bond acceptors (Lipinski definition) is 3. The van der Waals surface area contributed by atoms with Crippen LogP contribution in [0.25, 0.3) is 101 Å². The predicted molar refractivity (Wildman–Crippen MR) is 264 cm³/mol. The van der Waals surface area contributed by atoms with Crippen molar-refractivity contribution in [3.63, 3.8) is 0 Å². The smallest absolute Gasteiger partial charge is 0.304 e. The molecule has 0 N–H and O–H groups in total. The Kier molecular flexibility index (Phi) is 12.4. The summed E-state index contributed by atoms with van der Waals surface area (Å²) < 4.78 is 0. The molecule has 3 aromatic heterocycles. The zero-order valence-corrected chi connectivity index (χ0v) is 38.8. The summed E-state index contributed by atoms with van der Waals surface area (Å²) in [4.78, 5) is 14.8. The van der Waals surface area contributed by atoms with E-state index in [9.17, 15) is 0 Å². The zero-order chi connectivity index (χ0) is 43.5. The van der Waals surface area contributed by atoms with Crippen LogP contribution in [0.2, 0.25) is 0 Å². The quantitative estimate of drug-likeness (QED) is 0.135. The maximum atomic E-state index is 4.98. The van der Waals surface area contributed by atoms with E-state index in [2.05, 4.69) is 166 Å². The molecule has 0 bridgehead atoms. The molecule has 0 aliphatic rings. The van der Waals surface area contributed by atoms with Gasteiger partial charge in [-0.1, -0.05) is 118 Å². The van der Waals surface area contributed by atoms with Crippen LogP contribution in [0.4, 0.5) is 0 Å². The van der Waals surface area contributed by atoms with E-state index in [-0.39, 0.29) is 25.5 Å². The first kappa shape index (κ1) is 42.9. The molecule has 0 amide bonds. The molecule has 0 radical (unpaired) electrons. The Morgan fingerprint density at radius 3 is 0.985 bits per heavy atom. The van der Waals surface area contributed by atoms with Crippen molar-refractivity contribution in [2.24, 2.45) is 0 Å². The summed E-state index contributed by atoms with van der Waals surface area (Å²) in [6.07, 6.45) is 5.96. The molecule has 0 saturated heterocycles. The average molecular weight is 1010 g/mol. The van der Waals surface area contributed by atoms with E-state index < -0.39 is 0 Å². The van der Waals surface area contributed by atoms with Gasteiger partial charge in [0.15, 0.2) is 0 Å². The minimum Gasteiger partial charge on any atom is -0.304 e. The zero-order valence-electron chi connectivity index (χ0n) is 36.4. The van der Waals surface area contributed by atoms with Crippen molar-refractivity contribution in [1.29, 1.82) is 0 Å². The number of pyridine rings is 3. The van der Waals surface area contributed by atoms with E-state index in [4.69, 9.17) is 15.0 Å². The summed E-state index contributed by atoms with van der Waals surface area (Å²) in [6, 6.07) is 77.9. The van der Waals surface area contributed by atoms with Gasteiger partial charge in [0.2, 0.25) is 0 Å². The Morgan fingerprint density at radius 1 is 0.323 bits per heavy atom. The van der Waals surface area contributed by atoms with E-state index in [1.165, 1.54) is 5.56 Å². The maximum Gasteiger partial charge on any atom is 3.00 e. The van der Waals surface area contributed by atoms with Crippen molar-refractivity contribution in [3.8, 4) is 101 Å². The van der Waals surface area contributed by atoms with E-state index in [1.807, 2.05) is 85.3 Å². The second-order valence-electron chi connectivity index (χ2n) is 17.0. The van der Waals surface area contributed by atoms with Crippen LogP contribution >= 0.6 is 0 Å². The van der Waals surface area contributed by atoms with Crippen molar-refractivity contribution in [2.45, 2.75) is 26.2 Å². The Balaban J connectivity index is 0.00000533. The van der Waals surface area contributed by atoms with E-state index >= 15 is 0 Å². The molecule has 0 aliphatic heterocycles. The van der Waals surface area contributed by atoms with Gasteiger partial charge in [0.1, 0.15) is 0 Å². The molecule has 4 heteroatoms. The van der Waals surface area contributed by atoms with Gasteiger partial charge in [-0.3, -0.25) is 0 Å². The van der Waals surface area contributed by atoms with Crippen molar-refractivity contribution in [3.05, 3.63) is 236 Å². The number of nitrogens with zero attached hydrogens (tertiary/aromatic N) is 3. The Labute approximate surface area is 396 Å². The first-order valence-corrected chi connectivity index (χ1v) is 21.7. The van der Waals surface area contributed by atoms with E-state index in [0.717, 1.165) is 101 Å². The molecule has 10 rings (SSSR count). The molecule has 0 aliphatic carbocycles. The Hall–Kier alpha value is -7.36. The SMILES string of the molecule is CC(C)(C)c1ccc(-c2cc(-c3ccccc3-c3ccc(-c4[c-]cccc4)nc3)cc(-c3ccccc3-c3ccc(-c4[c-]cccc4)nc3)c2)c(-c2ccc(-c3[c-]cccc3)nc2)c1.[Ir+3]. The van der Waals surface area contributed by atoms with Crippen LogP contribution in [-0.2, 0) is 25.5 Å². The van der Waals surface area contributed by atoms with Crippen LogP contribution in [0.1, 0.15) is 26.3 Å². The van der Waals surface area contributed by atoms with Gasteiger partial charge in [0.25, 0.3) is 0 Å². The van der Waals surface area contributed by atoms with E-state index in [0.29, 0.717) is 0 Å². The standard InChI is InChI=1S/C61H44N3.Ir/c1-61(2,3)51-30-31-56(57(38-51)47-29-34-60(64-41-47)44-21-11-6-12-22-44)50-36-48(54-25-15-13-23-52(54)45-27-32-58(62-39-45)42-17-7-4-8-18-42)35-49(37-50)55-26-16-14-24-53(55)46-28-33-59(63-40-46)43-19-9-5-10-20-43;/h4-17,19,21,23-41H,1-3H3;/q-3;+3. The molecule has 0 fully saturated rings. The van der Waals surface area contributed by atoms with E-state index in [1.54, 1.807) is 0 Å². The molecule has 10 aromatic rings. The largest absolute Gasteiger partial charge is 3.00 e. The molecule has 0 saturated carbocycles. The summed E-state index contributed by atoms with van der Waals surface area (Å²) in [5.74, 6) is 0. The number of rotatable bonds is 9. The monoisotopic (exact) mass is 1010 g/mol. The van der Waals surface area contributed by atoms with Crippen LogP contribution in [-0.4, -0.2) is 15.0 Å². The fourth-order valence-corrected chi connectivity index (χ4v) is 8.36. The Bertz CT molecular complexity index is 3050. The summed E-state index contributed by atoms with van der Waals surface area (Å²) in [6.45, 7) is 6.80. The fraction of sp³-hybridized carbons (Fsp3) is 0.0656. The van der Waals surface area contributed by atoms with Gasteiger partial charge in [-0.25, -0.2) is 0 Å². The first-order chi connectivity index (χ1) is 31.4. The Morgan fingerprint density at radius 2 is 0.662 bits per heavy atom. The van der Waals surface area contributed by atoms with Crippen LogP contribution in [0.3, 0.4) is 0 Å². The second kappa shape index (κ2) is 18.8. The molecular weight excluding hydrogens is 967 g/mol. The van der Waals surface area contributed by atoms with Gasteiger partial charge in [0.05, 0.1) is 0 Å². The summed E-state index contributed by atoms with van der Waals surface area (Å²) in [7, 11) is 0. The van der Waals surface area contributed by atoms with Gasteiger partial charge >= 0.3 is 20.1 Å². The normalized spacial score (nSPS) is 11.2. The molecule has 65 heavy (non-hydrogen) atoms. The molecule has 3 heterocycles. The first-order valence-electron chi connectivity index (χ1n) is 21.7. The van der Waals surface area contributed by atoms with Gasteiger partial charge < -0.3 is 15.0 Å². The third kappa shape index (κ3) is 9.19. The van der Waals surface area contributed by atoms with Crippen LogP contribution in [0.5, 0.6) is 0 Å². The minimum atomic E-state index is -0.0607. The van der Waals surface area contributed by atoms with Gasteiger partial charge in [-0.15, -0.1) is 108 Å². The topological polar surface area (TPSA) is 38.7 Å². The molecule has 0 spiro atoms. The average Bonchev–Trinajstić information content (AvgIpc) is 3.37. The summed E-state index contributed by atoms with van der Waals surface area (Å²) in [5.41, 5.74) is 19.9. The second-order valence-corrected chi connectivity index (χ2v) is 17.0. The van der Waals surface area contributed by atoms with Crippen LogP contribution < -0.4 is 0 Å². The van der Waals surface area contributed by atoms with Gasteiger partial charge in [0, 0.05) is 18.6 Å². The number of hydrogen-bond donors (Lipinski definition) is 0. The van der Waals surface area contributed by atoms with Crippen molar-refractivity contribution in [1.82, 2.24) is 15.0 Å². The predicted octanol–water partition coefficient (Wildman–Crippen LogP) is 15.6. The third-order valence-corrected chi connectivity index (χ3v) is 11.8. The molecule has 312 valence electrons. The van der Waals surface area contributed by atoms with Crippen LogP contribution in [0.15, 0.2) is 213 Å². The number of aromatic nitrogens is 3. The molecular formula is C61H44IrN3. The molecule has 7 aromatic carbocycles. The summed E-state index contributed by atoms with van der Waals surface area (Å²) >= 11 is 0. The molecule has 3 nitrogen and oxygen atoms in total. The van der Waals surface area contributed by atoms with Crippen molar-refractivity contribution >= 4 is 0 Å². The third-order valence-electron chi connectivity index (χ3n) is 11.8. The van der Waals surface area contributed by atoms with Crippen molar-refractivity contribution in [2.75, 3.05) is 0 Å². The molecule has 0 unspecified atom stereocenters. The van der Waals surface area contributed by atoms with Crippen molar-refractivity contribution < 1.29 is 20.1 Å². The minimum absolute atomic E-state index is 0. The van der Waals surface area contributed by atoms with Gasteiger partial charge in [-0.05, 0) is 119 Å². The number of benzene rings is 7. The van der Waals surface area contributed by atoms with Crippen LogP contribution in [0, 0.1) is 18.2 Å². The maximum absolute atomic E-state index is 4.98. The fourth-order valence-electron chi connectivity index (χ4n) is 8.36.